The second-order valence-electron chi connectivity index (χ2n) is 6.75. The molecule has 0 aliphatic rings. The fraction of sp³-hybridized carbons (Fsp3) is 0.300. The predicted octanol–water partition coefficient (Wildman–Crippen LogP) is 2.79. The van der Waals surface area contributed by atoms with Gasteiger partial charge in [-0.3, -0.25) is 4.79 Å². The van der Waals surface area contributed by atoms with Crippen molar-refractivity contribution in [2.75, 3.05) is 11.9 Å². The van der Waals surface area contributed by atoms with E-state index in [1.54, 1.807) is 19.9 Å². The minimum atomic E-state index is -3.73. The number of esters is 1. The zero-order valence-corrected chi connectivity index (χ0v) is 17.1. The van der Waals surface area contributed by atoms with Crippen LogP contribution < -0.4 is 10.0 Å². The van der Waals surface area contributed by atoms with Gasteiger partial charge in [0.05, 0.1) is 10.5 Å². The van der Waals surface area contributed by atoms with Gasteiger partial charge in [-0.1, -0.05) is 23.8 Å². The molecule has 2 N–H and O–H groups in total. The molecule has 2 aromatic carbocycles. The maximum Gasteiger partial charge on any atom is 0.338 e. The molecule has 7 nitrogen and oxygen atoms in total. The summed E-state index contributed by atoms with van der Waals surface area (Å²) in [4.78, 5) is 24.2. The van der Waals surface area contributed by atoms with Crippen LogP contribution in [-0.2, 0) is 19.6 Å². The van der Waals surface area contributed by atoms with Crippen LogP contribution in [0.1, 0.15) is 35.3 Å². The number of hydrogen-bond acceptors (Lipinski definition) is 5. The van der Waals surface area contributed by atoms with E-state index in [2.05, 4.69) is 10.0 Å². The summed E-state index contributed by atoms with van der Waals surface area (Å²) in [6.45, 7) is 6.73. The number of sulfonamides is 1. The summed E-state index contributed by atoms with van der Waals surface area (Å²) < 4.78 is 31.9. The van der Waals surface area contributed by atoms with E-state index in [9.17, 15) is 18.0 Å². The highest BCUT2D eigenvalue weighted by atomic mass is 32.2. The third kappa shape index (κ3) is 5.90. The maximum absolute atomic E-state index is 12.2. The van der Waals surface area contributed by atoms with Gasteiger partial charge in [-0.15, -0.1) is 0 Å². The summed E-state index contributed by atoms with van der Waals surface area (Å²) >= 11 is 0. The number of benzene rings is 2. The summed E-state index contributed by atoms with van der Waals surface area (Å²) in [5.74, 6) is -1.26. The Morgan fingerprint density at radius 3 is 2.43 bits per heavy atom. The molecule has 0 bridgehead atoms. The fourth-order valence-electron chi connectivity index (χ4n) is 2.52. The Morgan fingerprint density at radius 2 is 1.79 bits per heavy atom. The summed E-state index contributed by atoms with van der Waals surface area (Å²) in [5, 5.41) is 2.68. The number of carbonyl (C=O) groups is 2. The van der Waals surface area contributed by atoms with Crippen LogP contribution in [-0.4, -0.2) is 32.9 Å². The van der Waals surface area contributed by atoms with Gasteiger partial charge >= 0.3 is 5.97 Å². The van der Waals surface area contributed by atoms with Crippen molar-refractivity contribution in [2.24, 2.45) is 0 Å². The molecule has 0 radical (unpaired) electrons. The van der Waals surface area contributed by atoms with E-state index in [0.29, 0.717) is 5.69 Å². The smallest absolute Gasteiger partial charge is 0.338 e. The first-order valence-corrected chi connectivity index (χ1v) is 10.2. The monoisotopic (exact) mass is 404 g/mol. The Kier molecular flexibility index (Phi) is 6.93. The molecule has 0 aromatic heterocycles. The topological polar surface area (TPSA) is 102 Å². The average molecular weight is 404 g/mol. The summed E-state index contributed by atoms with van der Waals surface area (Å²) in [6.07, 6.45) is 0. The zero-order valence-electron chi connectivity index (χ0n) is 16.3. The molecule has 0 saturated heterocycles. The van der Waals surface area contributed by atoms with Gasteiger partial charge in [0.1, 0.15) is 0 Å². The van der Waals surface area contributed by atoms with Gasteiger partial charge in [0, 0.05) is 11.7 Å². The maximum atomic E-state index is 12.2. The Morgan fingerprint density at radius 1 is 1.07 bits per heavy atom. The standard InChI is InChI=1S/C20H24N2O5S/c1-13(2)22-28(25,26)17-7-5-6-16(11-17)20(24)27-12-19(23)21-18-9-8-14(3)10-15(18)4/h5-11,13,22H,12H2,1-4H3,(H,21,23). The fourth-order valence-corrected chi connectivity index (χ4v) is 3.82. The molecule has 0 heterocycles. The molecule has 2 aromatic rings. The number of amides is 1. The molecule has 0 aliphatic carbocycles. The summed E-state index contributed by atoms with van der Waals surface area (Å²) in [5.41, 5.74) is 2.66. The molecule has 0 fully saturated rings. The lowest BCUT2D eigenvalue weighted by Crippen LogP contribution is -2.30. The quantitative estimate of drug-likeness (QED) is 0.691. The first kappa shape index (κ1) is 21.6. The predicted molar refractivity (Wildman–Crippen MR) is 107 cm³/mol. The molecule has 8 heteroatoms. The van der Waals surface area contributed by atoms with Crippen molar-refractivity contribution in [1.29, 1.82) is 0 Å². The van der Waals surface area contributed by atoms with Crippen LogP contribution in [0.25, 0.3) is 0 Å². The Balaban J connectivity index is 2.01. The third-order valence-corrected chi connectivity index (χ3v) is 5.42. The van der Waals surface area contributed by atoms with Gasteiger partial charge < -0.3 is 10.1 Å². The van der Waals surface area contributed by atoms with Crippen LogP contribution in [0.15, 0.2) is 47.4 Å². The molecule has 2 rings (SSSR count). The molecule has 28 heavy (non-hydrogen) atoms. The Bertz CT molecular complexity index is 984. The number of aryl methyl sites for hydroxylation is 2. The number of nitrogens with one attached hydrogen (secondary N) is 2. The van der Waals surface area contributed by atoms with E-state index in [4.69, 9.17) is 4.74 Å². The highest BCUT2D eigenvalue weighted by Gasteiger charge is 2.18. The molecular formula is C20H24N2O5S. The van der Waals surface area contributed by atoms with E-state index in [-0.39, 0.29) is 16.5 Å². The SMILES string of the molecule is Cc1ccc(NC(=O)COC(=O)c2cccc(S(=O)(=O)NC(C)C)c2)c(C)c1. The second kappa shape index (κ2) is 8.99. The number of anilines is 1. The minimum absolute atomic E-state index is 0.0459. The number of hydrogen-bond donors (Lipinski definition) is 2. The van der Waals surface area contributed by atoms with Crippen molar-refractivity contribution >= 4 is 27.6 Å². The molecule has 0 aliphatic heterocycles. The van der Waals surface area contributed by atoms with Gasteiger partial charge in [-0.25, -0.2) is 17.9 Å². The van der Waals surface area contributed by atoms with Crippen molar-refractivity contribution < 1.29 is 22.7 Å². The van der Waals surface area contributed by atoms with Crippen LogP contribution in [0.2, 0.25) is 0 Å². The van der Waals surface area contributed by atoms with Crippen molar-refractivity contribution in [1.82, 2.24) is 4.72 Å². The van der Waals surface area contributed by atoms with Crippen molar-refractivity contribution in [3.05, 3.63) is 59.2 Å². The van der Waals surface area contributed by atoms with E-state index in [1.165, 1.54) is 24.3 Å². The molecule has 150 valence electrons. The molecule has 1 amide bonds. The van der Waals surface area contributed by atoms with Crippen LogP contribution in [0.5, 0.6) is 0 Å². The van der Waals surface area contributed by atoms with E-state index in [0.717, 1.165) is 11.1 Å². The van der Waals surface area contributed by atoms with E-state index >= 15 is 0 Å². The lowest BCUT2D eigenvalue weighted by molar-refractivity contribution is -0.119. The molecular weight excluding hydrogens is 380 g/mol. The first-order chi connectivity index (χ1) is 13.1. The lowest BCUT2D eigenvalue weighted by Gasteiger charge is -2.11. The lowest BCUT2D eigenvalue weighted by atomic mass is 10.1. The van der Waals surface area contributed by atoms with Crippen molar-refractivity contribution in [2.45, 2.75) is 38.6 Å². The van der Waals surface area contributed by atoms with Gasteiger partial charge in [-0.2, -0.15) is 0 Å². The van der Waals surface area contributed by atoms with Crippen molar-refractivity contribution in [3.63, 3.8) is 0 Å². The van der Waals surface area contributed by atoms with Crippen LogP contribution in [0.4, 0.5) is 5.69 Å². The second-order valence-corrected chi connectivity index (χ2v) is 8.46. The Labute approximate surface area is 165 Å². The normalized spacial score (nSPS) is 11.3. The molecule has 0 saturated carbocycles. The van der Waals surface area contributed by atoms with Gasteiger partial charge in [0.2, 0.25) is 10.0 Å². The largest absolute Gasteiger partial charge is 0.452 e. The molecule has 0 spiro atoms. The third-order valence-electron chi connectivity index (χ3n) is 3.76. The highest BCUT2D eigenvalue weighted by Crippen LogP contribution is 2.16. The first-order valence-electron chi connectivity index (χ1n) is 8.75. The van der Waals surface area contributed by atoms with Crippen molar-refractivity contribution in [3.8, 4) is 0 Å². The minimum Gasteiger partial charge on any atom is -0.452 e. The number of rotatable bonds is 7. The number of ether oxygens (including phenoxy) is 1. The van der Waals surface area contributed by atoms with E-state index < -0.39 is 28.5 Å². The van der Waals surface area contributed by atoms with Crippen LogP contribution in [0, 0.1) is 13.8 Å². The van der Waals surface area contributed by atoms with Gasteiger partial charge in [0.25, 0.3) is 5.91 Å². The average Bonchev–Trinajstić information content (AvgIpc) is 2.61. The van der Waals surface area contributed by atoms with E-state index in [1.807, 2.05) is 26.0 Å². The van der Waals surface area contributed by atoms with Crippen LogP contribution in [0.3, 0.4) is 0 Å². The zero-order chi connectivity index (χ0) is 20.9. The molecule has 0 unspecified atom stereocenters. The summed E-state index contributed by atoms with van der Waals surface area (Å²) in [6, 6.07) is 10.8. The van der Waals surface area contributed by atoms with Gasteiger partial charge in [0.15, 0.2) is 6.61 Å². The summed E-state index contributed by atoms with van der Waals surface area (Å²) in [7, 11) is -3.73. The van der Waals surface area contributed by atoms with Gasteiger partial charge in [-0.05, 0) is 57.5 Å². The highest BCUT2D eigenvalue weighted by molar-refractivity contribution is 7.89. The van der Waals surface area contributed by atoms with Crippen LogP contribution >= 0.6 is 0 Å². The Hall–Kier alpha value is -2.71. The number of carbonyl (C=O) groups excluding carboxylic acids is 2. The molecule has 0 atom stereocenters.